The lowest BCUT2D eigenvalue weighted by atomic mass is 9.64. The second-order valence-electron chi connectivity index (χ2n) is 7.98. The van der Waals surface area contributed by atoms with Crippen molar-refractivity contribution in [1.82, 2.24) is 4.90 Å². The maximum Gasteiger partial charge on any atom is 0.410 e. The summed E-state index contributed by atoms with van der Waals surface area (Å²) < 4.78 is 10.7. The second-order valence-corrected chi connectivity index (χ2v) is 7.98. The van der Waals surface area contributed by atoms with Crippen molar-refractivity contribution in [3.63, 3.8) is 0 Å². The van der Waals surface area contributed by atoms with Crippen LogP contribution in [0.1, 0.15) is 41.0 Å². The summed E-state index contributed by atoms with van der Waals surface area (Å²) >= 11 is 0. The fourth-order valence-electron chi connectivity index (χ4n) is 3.12. The lowest BCUT2D eigenvalue weighted by molar-refractivity contribution is -0.194. The van der Waals surface area contributed by atoms with Gasteiger partial charge in [-0.05, 0) is 34.6 Å². The first kappa shape index (κ1) is 17.0. The van der Waals surface area contributed by atoms with Gasteiger partial charge >= 0.3 is 12.1 Å². The first-order chi connectivity index (χ1) is 9.80. The van der Waals surface area contributed by atoms with Gasteiger partial charge < -0.3 is 24.6 Å². The van der Waals surface area contributed by atoms with Gasteiger partial charge in [-0.25, -0.2) is 4.79 Å². The summed E-state index contributed by atoms with van der Waals surface area (Å²) in [4.78, 5) is 25.1. The zero-order chi connectivity index (χ0) is 17.0. The van der Waals surface area contributed by atoms with E-state index in [0.717, 1.165) is 0 Å². The van der Waals surface area contributed by atoms with E-state index in [4.69, 9.17) is 9.47 Å². The Morgan fingerprint density at radius 2 is 1.77 bits per heavy atom. The number of ether oxygens (including phenoxy) is 2. The standard InChI is InChI=1S/C15H25NO6/c1-12(2,3)22-11(19)16-7-14(8-16,10(17)18)15(20)6-13(4,5)21-9-15/h20H,6-9H2,1-5H3,(H,17,18). The van der Waals surface area contributed by atoms with E-state index in [1.807, 2.05) is 13.8 Å². The monoisotopic (exact) mass is 315 g/mol. The van der Waals surface area contributed by atoms with Gasteiger partial charge in [0, 0.05) is 19.5 Å². The van der Waals surface area contributed by atoms with E-state index in [2.05, 4.69) is 0 Å². The predicted molar refractivity (Wildman–Crippen MR) is 77.5 cm³/mol. The topological polar surface area (TPSA) is 96.3 Å². The maximum atomic E-state index is 12.0. The zero-order valence-corrected chi connectivity index (χ0v) is 13.8. The summed E-state index contributed by atoms with van der Waals surface area (Å²) in [6.45, 7) is 8.66. The number of hydrogen-bond donors (Lipinski definition) is 2. The highest BCUT2D eigenvalue weighted by Crippen LogP contribution is 2.49. The number of carboxylic acid groups (broad SMARTS) is 1. The number of carboxylic acids is 1. The Morgan fingerprint density at radius 1 is 1.23 bits per heavy atom. The smallest absolute Gasteiger partial charge is 0.410 e. The SMILES string of the molecule is CC(C)(C)OC(=O)N1CC(C(=O)O)(C2(O)COC(C)(C)C2)C1. The quantitative estimate of drug-likeness (QED) is 0.796. The van der Waals surface area contributed by atoms with Crippen LogP contribution in [0.15, 0.2) is 0 Å². The Labute approximate surface area is 130 Å². The van der Waals surface area contributed by atoms with Gasteiger partial charge in [-0.3, -0.25) is 4.79 Å². The Bertz CT molecular complexity index is 489. The van der Waals surface area contributed by atoms with Crippen LogP contribution < -0.4 is 0 Å². The molecule has 22 heavy (non-hydrogen) atoms. The zero-order valence-electron chi connectivity index (χ0n) is 13.8. The van der Waals surface area contributed by atoms with E-state index in [1.165, 1.54) is 4.90 Å². The molecule has 0 spiro atoms. The van der Waals surface area contributed by atoms with Crippen molar-refractivity contribution >= 4 is 12.1 Å². The molecule has 0 aromatic rings. The number of nitrogens with zero attached hydrogens (tertiary/aromatic N) is 1. The van der Waals surface area contributed by atoms with Gasteiger partial charge in [0.05, 0.1) is 12.2 Å². The number of rotatable bonds is 2. The maximum absolute atomic E-state index is 12.0. The van der Waals surface area contributed by atoms with Crippen molar-refractivity contribution in [2.24, 2.45) is 5.41 Å². The highest BCUT2D eigenvalue weighted by atomic mass is 16.6. The van der Waals surface area contributed by atoms with Crippen molar-refractivity contribution in [2.45, 2.75) is 57.8 Å². The molecule has 0 bridgehead atoms. The highest BCUT2D eigenvalue weighted by molar-refractivity contribution is 5.82. The molecule has 2 N–H and O–H groups in total. The lowest BCUT2D eigenvalue weighted by Gasteiger charge is -2.53. The molecule has 2 aliphatic rings. The molecule has 0 aliphatic carbocycles. The van der Waals surface area contributed by atoms with Crippen molar-refractivity contribution in [3.8, 4) is 0 Å². The van der Waals surface area contributed by atoms with E-state index in [9.17, 15) is 19.8 Å². The van der Waals surface area contributed by atoms with Crippen LogP contribution in [0.5, 0.6) is 0 Å². The molecule has 1 amide bonds. The molecule has 2 fully saturated rings. The minimum Gasteiger partial charge on any atom is -0.481 e. The van der Waals surface area contributed by atoms with Crippen LogP contribution in [0.25, 0.3) is 0 Å². The molecule has 7 heteroatoms. The summed E-state index contributed by atoms with van der Waals surface area (Å²) in [7, 11) is 0. The molecule has 1 atom stereocenters. The molecule has 7 nitrogen and oxygen atoms in total. The fourth-order valence-corrected chi connectivity index (χ4v) is 3.12. The number of likely N-dealkylation sites (tertiary alicyclic amines) is 1. The van der Waals surface area contributed by atoms with Gasteiger partial charge in [0.25, 0.3) is 0 Å². The summed E-state index contributed by atoms with van der Waals surface area (Å²) in [5.74, 6) is -1.11. The van der Waals surface area contributed by atoms with Crippen LogP contribution in [0.4, 0.5) is 4.79 Å². The van der Waals surface area contributed by atoms with Crippen LogP contribution in [-0.4, -0.2) is 63.7 Å². The first-order valence-corrected chi connectivity index (χ1v) is 7.38. The Kier molecular flexibility index (Phi) is 3.73. The molecule has 126 valence electrons. The average Bonchev–Trinajstić information content (AvgIpc) is 2.48. The molecule has 1 unspecified atom stereocenters. The normalized spacial score (nSPS) is 29.8. The summed E-state index contributed by atoms with van der Waals surface area (Å²) in [5.41, 5.74) is -4.12. The first-order valence-electron chi connectivity index (χ1n) is 7.38. The Morgan fingerprint density at radius 3 is 2.14 bits per heavy atom. The van der Waals surface area contributed by atoms with Crippen molar-refractivity contribution in [2.75, 3.05) is 19.7 Å². The van der Waals surface area contributed by atoms with E-state index >= 15 is 0 Å². The third-order valence-corrected chi connectivity index (χ3v) is 4.29. The van der Waals surface area contributed by atoms with Crippen LogP contribution in [0, 0.1) is 5.41 Å². The highest BCUT2D eigenvalue weighted by Gasteiger charge is 2.67. The summed E-state index contributed by atoms with van der Waals surface area (Å²) in [6, 6.07) is 0. The van der Waals surface area contributed by atoms with E-state index < -0.39 is 34.3 Å². The summed E-state index contributed by atoms with van der Waals surface area (Å²) in [6.07, 6.45) is -0.347. The molecule has 0 saturated carbocycles. The largest absolute Gasteiger partial charge is 0.481 e. The number of aliphatic hydroxyl groups is 1. The van der Waals surface area contributed by atoms with Crippen LogP contribution in [0.2, 0.25) is 0 Å². The van der Waals surface area contributed by atoms with Crippen molar-refractivity contribution < 1.29 is 29.3 Å². The van der Waals surface area contributed by atoms with Gasteiger partial charge in [-0.1, -0.05) is 0 Å². The van der Waals surface area contributed by atoms with Crippen LogP contribution in [0.3, 0.4) is 0 Å². The van der Waals surface area contributed by atoms with Crippen LogP contribution in [-0.2, 0) is 14.3 Å². The molecular formula is C15H25NO6. The molecule has 2 saturated heterocycles. The third-order valence-electron chi connectivity index (χ3n) is 4.29. The molecule has 0 radical (unpaired) electrons. The minimum atomic E-state index is -1.49. The number of amides is 1. The van der Waals surface area contributed by atoms with Gasteiger partial charge in [0.15, 0.2) is 0 Å². The molecule has 0 aromatic carbocycles. The van der Waals surface area contributed by atoms with Crippen molar-refractivity contribution in [1.29, 1.82) is 0 Å². The number of hydrogen-bond acceptors (Lipinski definition) is 5. The molecule has 0 aromatic heterocycles. The fraction of sp³-hybridized carbons (Fsp3) is 0.867. The number of carbonyl (C=O) groups excluding carboxylic acids is 1. The summed E-state index contributed by atoms with van der Waals surface area (Å²) in [5, 5.41) is 20.4. The Hall–Kier alpha value is -1.34. The third kappa shape index (κ3) is 2.79. The van der Waals surface area contributed by atoms with Gasteiger partial charge in [0.2, 0.25) is 0 Å². The lowest BCUT2D eigenvalue weighted by Crippen LogP contribution is -2.72. The molecule has 2 rings (SSSR count). The van der Waals surface area contributed by atoms with Crippen molar-refractivity contribution in [3.05, 3.63) is 0 Å². The molecular weight excluding hydrogens is 290 g/mol. The average molecular weight is 315 g/mol. The molecule has 2 aliphatic heterocycles. The van der Waals surface area contributed by atoms with Gasteiger partial charge in [0.1, 0.15) is 16.6 Å². The minimum absolute atomic E-state index is 0.0472. The van der Waals surface area contributed by atoms with E-state index in [0.29, 0.717) is 0 Å². The molecule has 2 heterocycles. The van der Waals surface area contributed by atoms with Gasteiger partial charge in [-0.15, -0.1) is 0 Å². The second kappa shape index (κ2) is 4.83. The number of aliphatic carboxylic acids is 1. The predicted octanol–water partition coefficient (Wildman–Crippen LogP) is 1.24. The Balaban J connectivity index is 2.12. The van der Waals surface area contributed by atoms with Gasteiger partial charge in [-0.2, -0.15) is 0 Å². The number of carbonyl (C=O) groups is 2. The van der Waals surface area contributed by atoms with Crippen LogP contribution >= 0.6 is 0 Å². The van der Waals surface area contributed by atoms with E-state index in [-0.39, 0.29) is 26.1 Å². The van der Waals surface area contributed by atoms with E-state index in [1.54, 1.807) is 20.8 Å².